The molecule has 104 valence electrons. The normalized spacial score (nSPS) is 35.0. The average molecular weight is 269 g/mol. The molecule has 2 bridgehead atoms. The Labute approximate surface area is 119 Å². The van der Waals surface area contributed by atoms with Crippen LogP contribution in [0.5, 0.6) is 0 Å². The maximum absolute atomic E-state index is 12.7. The minimum atomic E-state index is -0.0251. The number of imide groups is 1. The molecular formula is C17H19NO2. The van der Waals surface area contributed by atoms with Crippen LogP contribution in [0.1, 0.15) is 30.4 Å². The zero-order valence-corrected chi connectivity index (χ0v) is 11.9. The molecule has 3 fully saturated rings. The molecule has 1 aromatic carbocycles. The van der Waals surface area contributed by atoms with E-state index < -0.39 is 0 Å². The summed E-state index contributed by atoms with van der Waals surface area (Å²) >= 11 is 0. The fourth-order valence-electron chi connectivity index (χ4n) is 4.53. The van der Waals surface area contributed by atoms with Crippen LogP contribution in [0.4, 0.5) is 5.69 Å². The second-order valence-electron chi connectivity index (χ2n) is 6.67. The third kappa shape index (κ3) is 1.41. The Hall–Kier alpha value is -1.64. The lowest BCUT2D eigenvalue weighted by Gasteiger charge is -2.19. The number of carbonyl (C=O) groups is 2. The SMILES string of the molecule is Cc1ccc(N2C(=O)[C@@H]3[C@H]4CC[C@@H](C4)[C@@H]3C2=O)cc1C. The number of benzene rings is 1. The predicted octanol–water partition coefficient (Wildman–Crippen LogP) is 2.84. The van der Waals surface area contributed by atoms with E-state index in [1.165, 1.54) is 10.5 Å². The highest BCUT2D eigenvalue weighted by Gasteiger charge is 2.61. The van der Waals surface area contributed by atoms with Gasteiger partial charge >= 0.3 is 0 Å². The number of rotatable bonds is 1. The van der Waals surface area contributed by atoms with Crippen LogP contribution in [0.3, 0.4) is 0 Å². The van der Waals surface area contributed by atoms with Crippen LogP contribution in [-0.4, -0.2) is 11.8 Å². The van der Waals surface area contributed by atoms with Crippen LogP contribution in [-0.2, 0) is 9.59 Å². The van der Waals surface area contributed by atoms with Gasteiger partial charge in [0.2, 0.25) is 11.8 Å². The van der Waals surface area contributed by atoms with Gasteiger partial charge in [0, 0.05) is 0 Å². The summed E-state index contributed by atoms with van der Waals surface area (Å²) in [4.78, 5) is 26.8. The zero-order chi connectivity index (χ0) is 14.0. The minimum Gasteiger partial charge on any atom is -0.274 e. The van der Waals surface area contributed by atoms with Gasteiger partial charge in [0.05, 0.1) is 17.5 Å². The molecule has 1 aromatic rings. The third-order valence-corrected chi connectivity index (χ3v) is 5.68. The number of fused-ring (bicyclic) bond motifs is 5. The van der Waals surface area contributed by atoms with E-state index in [4.69, 9.17) is 0 Å². The monoisotopic (exact) mass is 269 g/mol. The van der Waals surface area contributed by atoms with Crippen LogP contribution in [0.15, 0.2) is 18.2 Å². The number of carbonyl (C=O) groups excluding carboxylic acids is 2. The van der Waals surface area contributed by atoms with E-state index in [9.17, 15) is 9.59 Å². The van der Waals surface area contributed by atoms with E-state index in [2.05, 4.69) is 0 Å². The number of aryl methyl sites for hydroxylation is 2. The molecule has 2 amide bonds. The largest absolute Gasteiger partial charge is 0.274 e. The van der Waals surface area contributed by atoms with Gasteiger partial charge in [0.1, 0.15) is 0 Å². The summed E-state index contributed by atoms with van der Waals surface area (Å²) in [5, 5.41) is 0. The average Bonchev–Trinajstić information content (AvgIpc) is 3.08. The summed E-state index contributed by atoms with van der Waals surface area (Å²) in [7, 11) is 0. The van der Waals surface area contributed by atoms with Crippen molar-refractivity contribution in [1.82, 2.24) is 0 Å². The van der Waals surface area contributed by atoms with Crippen LogP contribution < -0.4 is 4.90 Å². The highest BCUT2D eigenvalue weighted by atomic mass is 16.2. The maximum atomic E-state index is 12.7. The van der Waals surface area contributed by atoms with Crippen LogP contribution in [0.2, 0.25) is 0 Å². The lowest BCUT2D eigenvalue weighted by Crippen LogP contribution is -2.32. The first-order valence-corrected chi connectivity index (χ1v) is 7.53. The minimum absolute atomic E-state index is 0.0251. The van der Waals surface area contributed by atoms with Crippen molar-refractivity contribution in [3.05, 3.63) is 29.3 Å². The molecule has 1 heterocycles. The third-order valence-electron chi connectivity index (χ3n) is 5.68. The molecular weight excluding hydrogens is 250 g/mol. The summed E-state index contributed by atoms with van der Waals surface area (Å²) < 4.78 is 0. The van der Waals surface area contributed by atoms with Gasteiger partial charge < -0.3 is 0 Å². The van der Waals surface area contributed by atoms with E-state index in [0.717, 1.165) is 30.5 Å². The Bertz CT molecular complexity index is 593. The van der Waals surface area contributed by atoms with Crippen molar-refractivity contribution in [3.63, 3.8) is 0 Å². The fraction of sp³-hybridized carbons (Fsp3) is 0.529. The van der Waals surface area contributed by atoms with Crippen LogP contribution >= 0.6 is 0 Å². The molecule has 3 aliphatic rings. The van der Waals surface area contributed by atoms with Gasteiger partial charge in [0.25, 0.3) is 0 Å². The Morgan fingerprint density at radius 3 is 2.10 bits per heavy atom. The summed E-state index contributed by atoms with van der Waals surface area (Å²) in [5.41, 5.74) is 3.08. The number of hydrogen-bond donors (Lipinski definition) is 0. The van der Waals surface area contributed by atoms with Gasteiger partial charge in [-0.2, -0.15) is 0 Å². The van der Waals surface area contributed by atoms with E-state index in [1.54, 1.807) is 0 Å². The van der Waals surface area contributed by atoms with Crippen LogP contribution in [0.25, 0.3) is 0 Å². The molecule has 1 saturated heterocycles. The Morgan fingerprint density at radius 2 is 1.55 bits per heavy atom. The van der Waals surface area contributed by atoms with E-state index in [0.29, 0.717) is 11.8 Å². The van der Waals surface area contributed by atoms with Gasteiger partial charge in [-0.3, -0.25) is 14.5 Å². The van der Waals surface area contributed by atoms with Crippen molar-refractivity contribution in [2.45, 2.75) is 33.1 Å². The molecule has 1 aliphatic heterocycles. The lowest BCUT2D eigenvalue weighted by atomic mass is 9.81. The van der Waals surface area contributed by atoms with E-state index in [1.807, 2.05) is 32.0 Å². The molecule has 3 nitrogen and oxygen atoms in total. The van der Waals surface area contributed by atoms with Gasteiger partial charge in [0.15, 0.2) is 0 Å². The van der Waals surface area contributed by atoms with Crippen molar-refractivity contribution in [1.29, 1.82) is 0 Å². The molecule has 2 saturated carbocycles. The summed E-state index contributed by atoms with van der Waals surface area (Å²) in [6.45, 7) is 4.07. The Kier molecular flexibility index (Phi) is 2.39. The molecule has 0 aromatic heterocycles. The van der Waals surface area contributed by atoms with Gasteiger partial charge in [-0.05, 0) is 68.2 Å². The van der Waals surface area contributed by atoms with Crippen molar-refractivity contribution in [2.24, 2.45) is 23.7 Å². The molecule has 0 spiro atoms. The first-order chi connectivity index (χ1) is 9.58. The van der Waals surface area contributed by atoms with Gasteiger partial charge in [-0.25, -0.2) is 0 Å². The first-order valence-electron chi connectivity index (χ1n) is 7.53. The highest BCUT2D eigenvalue weighted by Crippen LogP contribution is 2.56. The standard InChI is InChI=1S/C17H19NO2/c1-9-3-6-13(7-10(9)2)18-16(19)14-11-4-5-12(8-11)15(14)17(18)20/h3,6-7,11-12,14-15H,4-5,8H2,1-2H3/t11-,12-,14-,15+/m0/s1. The number of amides is 2. The fourth-order valence-corrected chi connectivity index (χ4v) is 4.53. The number of hydrogen-bond acceptors (Lipinski definition) is 2. The lowest BCUT2D eigenvalue weighted by molar-refractivity contribution is -0.123. The quantitative estimate of drug-likeness (QED) is 0.735. The van der Waals surface area contributed by atoms with Gasteiger partial charge in [-0.1, -0.05) is 6.07 Å². The summed E-state index contributed by atoms with van der Waals surface area (Å²) in [6.07, 6.45) is 3.35. The molecule has 2 aliphatic carbocycles. The molecule has 3 heteroatoms. The maximum Gasteiger partial charge on any atom is 0.237 e. The van der Waals surface area contributed by atoms with Crippen molar-refractivity contribution in [2.75, 3.05) is 4.90 Å². The highest BCUT2D eigenvalue weighted by molar-refractivity contribution is 6.22. The van der Waals surface area contributed by atoms with E-state index in [-0.39, 0.29) is 23.7 Å². The molecule has 0 unspecified atom stereocenters. The van der Waals surface area contributed by atoms with Crippen molar-refractivity contribution in [3.8, 4) is 0 Å². The molecule has 4 atom stereocenters. The molecule has 4 rings (SSSR count). The number of nitrogens with zero attached hydrogens (tertiary/aromatic N) is 1. The zero-order valence-electron chi connectivity index (χ0n) is 11.9. The molecule has 20 heavy (non-hydrogen) atoms. The first kappa shape index (κ1) is 12.1. The second kappa shape index (κ2) is 3.94. The van der Waals surface area contributed by atoms with Crippen molar-refractivity contribution >= 4 is 17.5 Å². The second-order valence-corrected chi connectivity index (χ2v) is 6.67. The predicted molar refractivity (Wildman–Crippen MR) is 76.2 cm³/mol. The summed E-state index contributed by atoms with van der Waals surface area (Å²) in [6, 6.07) is 5.86. The Morgan fingerprint density at radius 1 is 0.950 bits per heavy atom. The smallest absolute Gasteiger partial charge is 0.237 e. The van der Waals surface area contributed by atoms with Crippen molar-refractivity contribution < 1.29 is 9.59 Å². The van der Waals surface area contributed by atoms with Gasteiger partial charge in [-0.15, -0.1) is 0 Å². The van der Waals surface area contributed by atoms with E-state index >= 15 is 0 Å². The number of anilines is 1. The molecule has 0 N–H and O–H groups in total. The molecule has 0 radical (unpaired) electrons. The Balaban J connectivity index is 1.74. The topological polar surface area (TPSA) is 37.4 Å². The van der Waals surface area contributed by atoms with Crippen LogP contribution in [0, 0.1) is 37.5 Å². The summed E-state index contributed by atoms with van der Waals surface area (Å²) in [5.74, 6) is 0.965.